The van der Waals surface area contributed by atoms with Crippen molar-refractivity contribution in [2.75, 3.05) is 6.54 Å². The third-order valence-electron chi connectivity index (χ3n) is 4.41. The zero-order chi connectivity index (χ0) is 16.5. The Morgan fingerprint density at radius 3 is 2.88 bits per heavy atom. The van der Waals surface area contributed by atoms with Crippen molar-refractivity contribution >= 4 is 11.3 Å². The fraction of sp³-hybridized carbons (Fsp3) is 0.278. The van der Waals surface area contributed by atoms with Crippen molar-refractivity contribution in [1.82, 2.24) is 19.9 Å². The minimum absolute atomic E-state index is 0.00697. The van der Waals surface area contributed by atoms with Gasteiger partial charge in [0.05, 0.1) is 16.9 Å². The number of nitrogens with one attached hydrogen (secondary N) is 1. The van der Waals surface area contributed by atoms with Gasteiger partial charge in [-0.25, -0.2) is 9.97 Å². The van der Waals surface area contributed by atoms with Gasteiger partial charge in [-0.2, -0.15) is 0 Å². The SMILES string of the molecule is Cc1ncsc1CN1CCc2c(nc(-c3ccccc3)[nH]c2=O)C1. The van der Waals surface area contributed by atoms with Gasteiger partial charge in [-0.3, -0.25) is 9.69 Å². The zero-order valence-corrected chi connectivity index (χ0v) is 14.3. The first-order valence-electron chi connectivity index (χ1n) is 7.99. The fourth-order valence-electron chi connectivity index (χ4n) is 3.04. The van der Waals surface area contributed by atoms with Gasteiger partial charge >= 0.3 is 0 Å². The van der Waals surface area contributed by atoms with Gasteiger partial charge in [-0.05, 0) is 13.3 Å². The number of hydrogen-bond acceptors (Lipinski definition) is 5. The Bertz CT molecular complexity index is 916. The van der Waals surface area contributed by atoms with Gasteiger partial charge in [0.2, 0.25) is 0 Å². The van der Waals surface area contributed by atoms with E-state index in [0.717, 1.165) is 42.0 Å². The molecule has 0 bridgehead atoms. The molecule has 0 aliphatic carbocycles. The van der Waals surface area contributed by atoms with Crippen LogP contribution in [-0.2, 0) is 19.5 Å². The number of aromatic amines is 1. The van der Waals surface area contributed by atoms with E-state index in [2.05, 4.69) is 14.9 Å². The van der Waals surface area contributed by atoms with E-state index in [4.69, 9.17) is 4.98 Å². The third-order valence-corrected chi connectivity index (χ3v) is 5.33. The molecule has 0 saturated carbocycles. The van der Waals surface area contributed by atoms with Gasteiger partial charge in [-0.15, -0.1) is 11.3 Å². The van der Waals surface area contributed by atoms with Crippen LogP contribution in [0.1, 0.15) is 21.8 Å². The molecule has 1 aliphatic heterocycles. The summed E-state index contributed by atoms with van der Waals surface area (Å²) in [5, 5.41) is 0. The van der Waals surface area contributed by atoms with E-state index in [9.17, 15) is 4.79 Å². The summed E-state index contributed by atoms with van der Waals surface area (Å²) in [6.45, 7) is 4.49. The highest BCUT2D eigenvalue weighted by atomic mass is 32.1. The van der Waals surface area contributed by atoms with E-state index in [0.29, 0.717) is 12.4 Å². The van der Waals surface area contributed by atoms with Crippen molar-refractivity contribution in [3.05, 3.63) is 68.0 Å². The highest BCUT2D eigenvalue weighted by molar-refractivity contribution is 7.09. The lowest BCUT2D eigenvalue weighted by Crippen LogP contribution is -2.35. The second-order valence-corrected chi connectivity index (χ2v) is 6.97. The summed E-state index contributed by atoms with van der Waals surface area (Å²) in [5.41, 5.74) is 5.63. The third kappa shape index (κ3) is 2.90. The number of aromatic nitrogens is 3. The first kappa shape index (κ1) is 15.2. The van der Waals surface area contributed by atoms with Crippen LogP contribution in [0.4, 0.5) is 0 Å². The average molecular weight is 338 g/mol. The summed E-state index contributed by atoms with van der Waals surface area (Å²) >= 11 is 1.69. The molecule has 4 rings (SSSR count). The minimum Gasteiger partial charge on any atom is -0.306 e. The zero-order valence-electron chi connectivity index (χ0n) is 13.5. The maximum atomic E-state index is 12.4. The van der Waals surface area contributed by atoms with Gasteiger partial charge in [-0.1, -0.05) is 30.3 Å². The van der Waals surface area contributed by atoms with Crippen LogP contribution in [0.25, 0.3) is 11.4 Å². The lowest BCUT2D eigenvalue weighted by molar-refractivity contribution is 0.242. The molecule has 0 fully saturated rings. The van der Waals surface area contributed by atoms with Crippen molar-refractivity contribution in [3.8, 4) is 11.4 Å². The van der Waals surface area contributed by atoms with Crippen molar-refractivity contribution < 1.29 is 0 Å². The molecule has 0 radical (unpaired) electrons. The molecule has 0 atom stereocenters. The molecule has 1 N–H and O–H groups in total. The Morgan fingerprint density at radius 2 is 2.12 bits per heavy atom. The second kappa shape index (κ2) is 6.30. The molecular formula is C18H18N4OS. The van der Waals surface area contributed by atoms with Crippen LogP contribution in [-0.4, -0.2) is 26.4 Å². The summed E-state index contributed by atoms with van der Waals surface area (Å²) in [6, 6.07) is 9.79. The largest absolute Gasteiger partial charge is 0.306 e. The summed E-state index contributed by atoms with van der Waals surface area (Å²) in [4.78, 5) is 28.0. The quantitative estimate of drug-likeness (QED) is 0.798. The van der Waals surface area contributed by atoms with E-state index < -0.39 is 0 Å². The Balaban J connectivity index is 1.64. The van der Waals surface area contributed by atoms with Crippen LogP contribution in [0.2, 0.25) is 0 Å². The second-order valence-electron chi connectivity index (χ2n) is 6.03. The van der Waals surface area contributed by atoms with Gasteiger partial charge in [0.15, 0.2) is 0 Å². The highest BCUT2D eigenvalue weighted by Gasteiger charge is 2.22. The summed E-state index contributed by atoms with van der Waals surface area (Å²) in [7, 11) is 0. The van der Waals surface area contributed by atoms with Gasteiger partial charge < -0.3 is 4.98 Å². The molecule has 3 aromatic rings. The van der Waals surface area contributed by atoms with Crippen molar-refractivity contribution in [2.45, 2.75) is 26.4 Å². The van der Waals surface area contributed by atoms with Crippen molar-refractivity contribution in [3.63, 3.8) is 0 Å². The van der Waals surface area contributed by atoms with Crippen LogP contribution >= 0.6 is 11.3 Å². The van der Waals surface area contributed by atoms with Crippen molar-refractivity contribution in [1.29, 1.82) is 0 Å². The van der Waals surface area contributed by atoms with E-state index >= 15 is 0 Å². The molecular weight excluding hydrogens is 320 g/mol. The molecule has 0 unspecified atom stereocenters. The lowest BCUT2D eigenvalue weighted by atomic mass is 10.1. The Kier molecular flexibility index (Phi) is 4.00. The number of benzene rings is 1. The number of H-pyrrole nitrogens is 1. The predicted octanol–water partition coefficient (Wildman–Crippen LogP) is 2.76. The topological polar surface area (TPSA) is 61.9 Å². The standard InChI is InChI=1S/C18H18N4OS/c1-12-16(24-11-19-12)10-22-8-7-14-15(9-22)20-17(21-18(14)23)13-5-3-2-4-6-13/h2-6,11H,7-10H2,1H3,(H,20,21,23). The number of rotatable bonds is 3. The molecule has 1 aliphatic rings. The van der Waals surface area contributed by atoms with E-state index in [1.165, 1.54) is 4.88 Å². The molecule has 2 aromatic heterocycles. The summed E-state index contributed by atoms with van der Waals surface area (Å²) < 4.78 is 0. The van der Waals surface area contributed by atoms with Gasteiger partial charge in [0, 0.05) is 35.6 Å². The monoisotopic (exact) mass is 338 g/mol. The normalized spacial score (nSPS) is 14.5. The lowest BCUT2D eigenvalue weighted by Gasteiger charge is -2.27. The Hall–Kier alpha value is -2.31. The number of fused-ring (bicyclic) bond motifs is 1. The Morgan fingerprint density at radius 1 is 1.29 bits per heavy atom. The number of thiazole rings is 1. The number of nitrogens with zero attached hydrogens (tertiary/aromatic N) is 3. The van der Waals surface area contributed by atoms with Crippen molar-refractivity contribution in [2.24, 2.45) is 0 Å². The first-order valence-corrected chi connectivity index (χ1v) is 8.87. The number of hydrogen-bond donors (Lipinski definition) is 1. The van der Waals surface area contributed by atoms with E-state index in [-0.39, 0.29) is 5.56 Å². The van der Waals surface area contributed by atoms with Crippen LogP contribution in [0.5, 0.6) is 0 Å². The first-order chi connectivity index (χ1) is 11.7. The highest BCUT2D eigenvalue weighted by Crippen LogP contribution is 2.22. The van der Waals surface area contributed by atoms with Gasteiger partial charge in [0.25, 0.3) is 5.56 Å². The Labute approximate surface area is 144 Å². The number of aryl methyl sites for hydroxylation is 1. The van der Waals surface area contributed by atoms with Crippen LogP contribution in [0.15, 0.2) is 40.6 Å². The predicted molar refractivity (Wildman–Crippen MR) is 95.0 cm³/mol. The molecule has 24 heavy (non-hydrogen) atoms. The van der Waals surface area contributed by atoms with Crippen LogP contribution in [0.3, 0.4) is 0 Å². The molecule has 0 amide bonds. The molecule has 3 heterocycles. The van der Waals surface area contributed by atoms with E-state index in [1.807, 2.05) is 42.8 Å². The maximum Gasteiger partial charge on any atom is 0.254 e. The van der Waals surface area contributed by atoms with E-state index in [1.54, 1.807) is 11.3 Å². The van der Waals surface area contributed by atoms with Crippen LogP contribution < -0.4 is 5.56 Å². The maximum absolute atomic E-state index is 12.4. The summed E-state index contributed by atoms with van der Waals surface area (Å²) in [6.07, 6.45) is 0.741. The molecule has 0 saturated heterocycles. The minimum atomic E-state index is -0.00697. The fourth-order valence-corrected chi connectivity index (χ4v) is 3.86. The average Bonchev–Trinajstić information content (AvgIpc) is 3.00. The molecule has 1 aromatic carbocycles. The van der Waals surface area contributed by atoms with Gasteiger partial charge in [0.1, 0.15) is 5.82 Å². The molecule has 6 heteroatoms. The molecule has 122 valence electrons. The molecule has 0 spiro atoms. The molecule has 5 nitrogen and oxygen atoms in total. The van der Waals surface area contributed by atoms with Crippen LogP contribution in [0, 0.1) is 6.92 Å². The smallest absolute Gasteiger partial charge is 0.254 e. The summed E-state index contributed by atoms with van der Waals surface area (Å²) in [5.74, 6) is 0.648.